The molecule has 0 spiro atoms. The molecule has 0 unspecified atom stereocenters. The average molecular weight is 277 g/mol. The Morgan fingerprint density at radius 1 is 1.25 bits per heavy atom. The van der Waals surface area contributed by atoms with Crippen molar-refractivity contribution in [3.05, 3.63) is 35.9 Å². The topological polar surface area (TPSA) is 47.6 Å². The number of benzene rings is 1. The van der Waals surface area contributed by atoms with Crippen molar-refractivity contribution in [3.8, 4) is 0 Å². The Kier molecular flexibility index (Phi) is 6.38. The summed E-state index contributed by atoms with van der Waals surface area (Å²) in [4.78, 5) is 11.5. The molecule has 1 aromatic carbocycles. The highest BCUT2D eigenvalue weighted by atomic mass is 16.5. The van der Waals surface area contributed by atoms with Gasteiger partial charge in [0.2, 0.25) is 0 Å². The van der Waals surface area contributed by atoms with Crippen molar-refractivity contribution in [1.82, 2.24) is 5.32 Å². The molecule has 0 radical (unpaired) electrons. The van der Waals surface area contributed by atoms with Crippen LogP contribution in [-0.2, 0) is 16.1 Å². The van der Waals surface area contributed by atoms with Gasteiger partial charge in [0, 0.05) is 19.8 Å². The Bertz CT molecular complexity index is 388. The first kappa shape index (κ1) is 14.9. The van der Waals surface area contributed by atoms with Gasteiger partial charge in [-0.1, -0.05) is 30.3 Å². The third kappa shape index (κ3) is 5.61. The second-order valence-corrected chi connectivity index (χ2v) is 5.19. The average Bonchev–Trinajstić information content (AvgIpc) is 2.52. The van der Waals surface area contributed by atoms with Crippen LogP contribution in [0.25, 0.3) is 0 Å². The molecule has 1 fully saturated rings. The molecule has 4 nitrogen and oxygen atoms in total. The number of hydrogen-bond donors (Lipinski definition) is 1. The van der Waals surface area contributed by atoms with Crippen LogP contribution in [0.5, 0.6) is 0 Å². The molecule has 0 aliphatic carbocycles. The number of nitrogens with one attached hydrogen (secondary N) is 1. The fraction of sp³-hybridized carbons (Fsp3) is 0.562. The molecule has 1 N–H and O–H groups in total. The zero-order valence-corrected chi connectivity index (χ0v) is 11.8. The Labute approximate surface area is 120 Å². The lowest BCUT2D eigenvalue weighted by Crippen LogP contribution is -2.26. The van der Waals surface area contributed by atoms with Crippen molar-refractivity contribution < 1.29 is 14.3 Å². The van der Waals surface area contributed by atoms with Crippen LogP contribution in [0.3, 0.4) is 0 Å². The van der Waals surface area contributed by atoms with Crippen LogP contribution in [0.1, 0.15) is 31.2 Å². The monoisotopic (exact) mass is 277 g/mol. The first-order valence-electron chi connectivity index (χ1n) is 7.37. The van der Waals surface area contributed by atoms with E-state index in [2.05, 4.69) is 5.32 Å². The van der Waals surface area contributed by atoms with Crippen LogP contribution < -0.4 is 5.32 Å². The highest BCUT2D eigenvalue weighted by Gasteiger charge is 2.13. The van der Waals surface area contributed by atoms with Gasteiger partial charge in [0.15, 0.2) is 0 Å². The fourth-order valence-corrected chi connectivity index (χ4v) is 2.39. The number of amides is 1. The standard InChI is InChI=1S/C16H23NO3/c18-16(20-13-15-5-2-1-3-6-15)17-10-4-7-14-8-11-19-12-9-14/h1-3,5-6,14H,4,7-13H2,(H,17,18). The molecule has 1 aliphatic rings. The fourth-order valence-electron chi connectivity index (χ4n) is 2.39. The minimum absolute atomic E-state index is 0.326. The Morgan fingerprint density at radius 3 is 2.75 bits per heavy atom. The molecule has 1 aromatic rings. The van der Waals surface area contributed by atoms with E-state index >= 15 is 0 Å². The summed E-state index contributed by atoms with van der Waals surface area (Å²) in [5.74, 6) is 0.755. The lowest BCUT2D eigenvalue weighted by molar-refractivity contribution is 0.0632. The van der Waals surface area contributed by atoms with Crippen LogP contribution in [0.15, 0.2) is 30.3 Å². The Hall–Kier alpha value is -1.55. The van der Waals surface area contributed by atoms with Crippen molar-refractivity contribution in [3.63, 3.8) is 0 Å². The lowest BCUT2D eigenvalue weighted by atomic mass is 9.95. The Morgan fingerprint density at radius 2 is 2.00 bits per heavy atom. The molecular formula is C16H23NO3. The predicted octanol–water partition coefficient (Wildman–Crippen LogP) is 3.12. The molecule has 0 aromatic heterocycles. The normalized spacial score (nSPS) is 15.8. The van der Waals surface area contributed by atoms with Crippen molar-refractivity contribution in [2.75, 3.05) is 19.8 Å². The van der Waals surface area contributed by atoms with E-state index in [0.717, 1.165) is 50.4 Å². The molecule has 1 saturated heterocycles. The zero-order valence-electron chi connectivity index (χ0n) is 11.8. The van der Waals surface area contributed by atoms with Gasteiger partial charge in [0.05, 0.1) is 0 Å². The quantitative estimate of drug-likeness (QED) is 0.813. The first-order valence-corrected chi connectivity index (χ1v) is 7.37. The molecule has 0 bridgehead atoms. The smallest absolute Gasteiger partial charge is 0.407 e. The summed E-state index contributed by atoms with van der Waals surface area (Å²) in [5.41, 5.74) is 1.00. The van der Waals surface area contributed by atoms with Crippen molar-refractivity contribution in [2.45, 2.75) is 32.3 Å². The molecule has 2 rings (SSSR count). The second-order valence-electron chi connectivity index (χ2n) is 5.19. The third-order valence-electron chi connectivity index (χ3n) is 3.61. The maximum absolute atomic E-state index is 11.5. The summed E-state index contributed by atoms with van der Waals surface area (Å²) in [7, 11) is 0. The molecule has 0 atom stereocenters. The van der Waals surface area contributed by atoms with Crippen molar-refractivity contribution in [1.29, 1.82) is 0 Å². The molecule has 20 heavy (non-hydrogen) atoms. The summed E-state index contributed by atoms with van der Waals surface area (Å²) in [5, 5.41) is 2.80. The molecule has 1 heterocycles. The summed E-state index contributed by atoms with van der Waals surface area (Å²) in [6.45, 7) is 2.78. The molecule has 110 valence electrons. The maximum Gasteiger partial charge on any atom is 0.407 e. The molecular weight excluding hydrogens is 254 g/mol. The lowest BCUT2D eigenvalue weighted by Gasteiger charge is -2.21. The van der Waals surface area contributed by atoms with Gasteiger partial charge in [-0.05, 0) is 37.2 Å². The molecule has 1 amide bonds. The van der Waals surface area contributed by atoms with Gasteiger partial charge in [-0.15, -0.1) is 0 Å². The Balaban J connectivity index is 1.51. The van der Waals surface area contributed by atoms with Gasteiger partial charge in [-0.25, -0.2) is 4.79 Å². The number of alkyl carbamates (subject to hydrolysis) is 1. The van der Waals surface area contributed by atoms with E-state index in [1.165, 1.54) is 0 Å². The number of rotatable bonds is 6. The summed E-state index contributed by atoms with van der Waals surface area (Å²) in [6.07, 6.45) is 4.13. The minimum atomic E-state index is -0.333. The first-order chi connectivity index (χ1) is 9.84. The van der Waals surface area contributed by atoms with Gasteiger partial charge in [0.25, 0.3) is 0 Å². The molecule has 0 saturated carbocycles. The summed E-state index contributed by atoms with van der Waals surface area (Å²) >= 11 is 0. The van der Waals surface area contributed by atoms with E-state index in [-0.39, 0.29) is 6.09 Å². The number of carbonyl (C=O) groups is 1. The van der Waals surface area contributed by atoms with E-state index in [1.807, 2.05) is 30.3 Å². The van der Waals surface area contributed by atoms with E-state index in [1.54, 1.807) is 0 Å². The SMILES string of the molecule is O=C(NCCCC1CCOCC1)OCc1ccccc1. The van der Waals surface area contributed by atoms with E-state index < -0.39 is 0 Å². The van der Waals surface area contributed by atoms with E-state index in [0.29, 0.717) is 13.2 Å². The second kappa shape index (κ2) is 8.59. The van der Waals surface area contributed by atoms with Crippen LogP contribution in [0.4, 0.5) is 4.79 Å². The predicted molar refractivity (Wildman–Crippen MR) is 77.4 cm³/mol. The number of carbonyl (C=O) groups excluding carboxylic acids is 1. The minimum Gasteiger partial charge on any atom is -0.445 e. The number of hydrogen-bond acceptors (Lipinski definition) is 3. The van der Waals surface area contributed by atoms with Gasteiger partial charge >= 0.3 is 6.09 Å². The van der Waals surface area contributed by atoms with Crippen LogP contribution in [-0.4, -0.2) is 25.9 Å². The highest BCUT2D eigenvalue weighted by molar-refractivity contribution is 5.67. The summed E-state index contributed by atoms with van der Waals surface area (Å²) in [6, 6.07) is 9.70. The van der Waals surface area contributed by atoms with Gasteiger partial charge in [0.1, 0.15) is 6.61 Å². The number of ether oxygens (including phenoxy) is 2. The molecule has 4 heteroatoms. The van der Waals surface area contributed by atoms with Gasteiger partial charge < -0.3 is 14.8 Å². The zero-order chi connectivity index (χ0) is 14.0. The maximum atomic E-state index is 11.5. The van der Waals surface area contributed by atoms with Crippen molar-refractivity contribution in [2.24, 2.45) is 5.92 Å². The van der Waals surface area contributed by atoms with Crippen LogP contribution in [0, 0.1) is 5.92 Å². The van der Waals surface area contributed by atoms with E-state index in [4.69, 9.17) is 9.47 Å². The van der Waals surface area contributed by atoms with E-state index in [9.17, 15) is 4.79 Å². The van der Waals surface area contributed by atoms with Crippen LogP contribution in [0.2, 0.25) is 0 Å². The molecule has 1 aliphatic heterocycles. The highest BCUT2D eigenvalue weighted by Crippen LogP contribution is 2.19. The van der Waals surface area contributed by atoms with Crippen LogP contribution >= 0.6 is 0 Å². The third-order valence-corrected chi connectivity index (χ3v) is 3.61. The van der Waals surface area contributed by atoms with Gasteiger partial charge in [-0.3, -0.25) is 0 Å². The largest absolute Gasteiger partial charge is 0.445 e. The summed E-state index contributed by atoms with van der Waals surface area (Å²) < 4.78 is 10.5. The van der Waals surface area contributed by atoms with Crippen molar-refractivity contribution >= 4 is 6.09 Å². The van der Waals surface area contributed by atoms with Gasteiger partial charge in [-0.2, -0.15) is 0 Å².